The van der Waals surface area contributed by atoms with Gasteiger partial charge in [-0.3, -0.25) is 0 Å². The Hall–Kier alpha value is 0.700. The van der Waals surface area contributed by atoms with Crippen LogP contribution in [0.3, 0.4) is 0 Å². The zero-order chi connectivity index (χ0) is 2.71. The molecular formula is C3H7AgS. The summed E-state index contributed by atoms with van der Waals surface area (Å²) in [5.74, 6) is 0. The minimum Gasteiger partial charge on any atom is -0.245 e. The fourth-order valence-corrected chi connectivity index (χ4v) is 0. The molecule has 0 saturated heterocycles. The third kappa shape index (κ3) is 69.9. The molecule has 0 saturated carbocycles. The average molecular weight is 183 g/mol. The molecule has 0 spiro atoms. The Morgan fingerprint density at radius 2 is 1.60 bits per heavy atom. The zero-order valence-electron chi connectivity index (χ0n) is 2.79. The number of hydrogen-bond donors (Lipinski definition) is 0. The molecular weight excluding hydrogens is 176 g/mol. The van der Waals surface area contributed by atoms with E-state index in [1.54, 1.807) is 0 Å². The smallest absolute Gasteiger partial charge is 0.245 e. The average Bonchev–Trinajstić information content (AvgIpc) is 0.918. The van der Waals surface area contributed by atoms with Gasteiger partial charge in [0, 0.05) is 0 Å². The predicted octanol–water partition coefficient (Wildman–Crippen LogP) is 1.12. The largest absolute Gasteiger partial charge is 1.00 e. The number of hydrogen-bond acceptors (Lipinski definition) is 0. The van der Waals surface area contributed by atoms with Crippen LogP contribution in [-0.2, 0) is 22.4 Å². The van der Waals surface area contributed by atoms with Crippen molar-refractivity contribution >= 4 is 13.5 Å². The Bertz CT molecular complexity index is 14.4. The summed E-state index contributed by atoms with van der Waals surface area (Å²) in [6, 6.07) is 0. The van der Waals surface area contributed by atoms with Crippen molar-refractivity contribution in [1.82, 2.24) is 0 Å². The van der Waals surface area contributed by atoms with Gasteiger partial charge >= 0.3 is 22.4 Å². The second-order valence-corrected chi connectivity index (χ2v) is 0.289. The fraction of sp³-hybridized carbons (Fsp3) is 0. The normalized spacial score (nSPS) is 2.40. The Morgan fingerprint density at radius 3 is 1.60 bits per heavy atom. The van der Waals surface area contributed by atoms with Gasteiger partial charge in [0.15, 0.2) is 0 Å². The summed E-state index contributed by atoms with van der Waals surface area (Å²) in [6.45, 7) is 6.50. The van der Waals surface area contributed by atoms with Gasteiger partial charge in [-0.2, -0.15) is 13.5 Å². The molecule has 0 fully saturated rings. The molecule has 0 atom stereocenters. The standard InChI is InChI=1S/C3H5.Ag.H2S/c1-3-2;;/h3H,1-2H2;;1H2/q-1;+1;. The summed E-state index contributed by atoms with van der Waals surface area (Å²) in [7, 11) is 0. The summed E-state index contributed by atoms with van der Waals surface area (Å²) < 4.78 is 0. The molecule has 0 unspecified atom stereocenters. The van der Waals surface area contributed by atoms with Gasteiger partial charge in [-0.15, -0.1) is 0 Å². The van der Waals surface area contributed by atoms with Gasteiger partial charge in [0.2, 0.25) is 0 Å². The van der Waals surface area contributed by atoms with E-state index in [0.29, 0.717) is 0 Å². The molecule has 0 aromatic carbocycles. The van der Waals surface area contributed by atoms with Gasteiger partial charge in [0.25, 0.3) is 0 Å². The number of allylic oxidation sites excluding steroid dienone is 1. The second-order valence-electron chi connectivity index (χ2n) is 0.289. The Kier molecular flexibility index (Phi) is 76.9. The van der Waals surface area contributed by atoms with Crippen molar-refractivity contribution in [3.63, 3.8) is 0 Å². The summed E-state index contributed by atoms with van der Waals surface area (Å²) in [5.41, 5.74) is 0. The molecule has 5 heavy (non-hydrogen) atoms. The molecule has 0 aromatic heterocycles. The van der Waals surface area contributed by atoms with Crippen molar-refractivity contribution in [3.05, 3.63) is 19.6 Å². The summed E-state index contributed by atoms with van der Waals surface area (Å²) in [5, 5.41) is 0. The minimum absolute atomic E-state index is 0. The van der Waals surface area contributed by atoms with E-state index < -0.39 is 0 Å². The van der Waals surface area contributed by atoms with Crippen molar-refractivity contribution in [2.45, 2.75) is 0 Å². The van der Waals surface area contributed by atoms with Gasteiger partial charge in [-0.1, -0.05) is 0 Å². The van der Waals surface area contributed by atoms with E-state index in [-0.39, 0.29) is 35.9 Å². The van der Waals surface area contributed by atoms with Crippen LogP contribution in [0.25, 0.3) is 0 Å². The molecule has 0 rings (SSSR count). The van der Waals surface area contributed by atoms with Crippen LogP contribution in [0.15, 0.2) is 12.7 Å². The monoisotopic (exact) mass is 182 g/mol. The molecule has 0 radical (unpaired) electrons. The molecule has 0 nitrogen and oxygen atoms in total. The molecule has 2 heteroatoms. The van der Waals surface area contributed by atoms with Crippen LogP contribution in [0.4, 0.5) is 0 Å². The van der Waals surface area contributed by atoms with Crippen molar-refractivity contribution in [3.8, 4) is 0 Å². The van der Waals surface area contributed by atoms with Crippen molar-refractivity contribution < 1.29 is 22.4 Å². The zero-order valence-corrected chi connectivity index (χ0v) is 5.28. The van der Waals surface area contributed by atoms with Crippen LogP contribution in [0.1, 0.15) is 0 Å². The van der Waals surface area contributed by atoms with Crippen LogP contribution >= 0.6 is 13.5 Å². The van der Waals surface area contributed by atoms with E-state index in [1.807, 2.05) is 0 Å². The predicted molar refractivity (Wildman–Crippen MR) is 25.9 cm³/mol. The van der Waals surface area contributed by atoms with Crippen molar-refractivity contribution in [2.75, 3.05) is 0 Å². The molecule has 0 aliphatic heterocycles. The topological polar surface area (TPSA) is 0 Å². The molecule has 0 aromatic rings. The van der Waals surface area contributed by atoms with E-state index >= 15 is 0 Å². The van der Waals surface area contributed by atoms with E-state index in [4.69, 9.17) is 0 Å². The van der Waals surface area contributed by atoms with Crippen LogP contribution < -0.4 is 0 Å². The van der Waals surface area contributed by atoms with E-state index in [0.717, 1.165) is 0 Å². The molecule has 0 amide bonds. The Labute approximate surface area is 55.6 Å². The van der Waals surface area contributed by atoms with Crippen molar-refractivity contribution in [2.24, 2.45) is 0 Å². The Balaban J connectivity index is -0.0000000200. The molecule has 0 bridgehead atoms. The Morgan fingerprint density at radius 1 is 1.60 bits per heavy atom. The van der Waals surface area contributed by atoms with Gasteiger partial charge in [-0.05, 0) is 0 Å². The fourth-order valence-electron chi connectivity index (χ4n) is 0. The van der Waals surface area contributed by atoms with E-state index in [2.05, 4.69) is 13.5 Å². The maximum Gasteiger partial charge on any atom is 1.00 e. The molecule has 0 aliphatic carbocycles. The summed E-state index contributed by atoms with van der Waals surface area (Å²) >= 11 is 0. The van der Waals surface area contributed by atoms with Crippen LogP contribution in [-0.4, -0.2) is 0 Å². The molecule has 0 aliphatic rings. The third-order valence-corrected chi connectivity index (χ3v) is 0. The van der Waals surface area contributed by atoms with E-state index in [1.165, 1.54) is 6.08 Å². The van der Waals surface area contributed by atoms with Crippen LogP contribution in [0.5, 0.6) is 0 Å². The quantitative estimate of drug-likeness (QED) is 0.390. The van der Waals surface area contributed by atoms with Gasteiger partial charge in [-0.25, -0.2) is 19.6 Å². The number of rotatable bonds is 0. The molecule has 36 valence electrons. The maximum absolute atomic E-state index is 3.25. The summed E-state index contributed by atoms with van der Waals surface area (Å²) in [4.78, 5) is 0. The van der Waals surface area contributed by atoms with Crippen LogP contribution in [0.2, 0.25) is 0 Å². The molecule has 0 heterocycles. The van der Waals surface area contributed by atoms with Crippen molar-refractivity contribution in [1.29, 1.82) is 0 Å². The van der Waals surface area contributed by atoms with Gasteiger partial charge < -0.3 is 0 Å². The summed E-state index contributed by atoms with van der Waals surface area (Å²) in [6.07, 6.45) is 1.50. The third-order valence-electron chi connectivity index (χ3n) is 0. The van der Waals surface area contributed by atoms with Gasteiger partial charge in [0.05, 0.1) is 0 Å². The second kappa shape index (κ2) is 22.3. The first-order chi connectivity index (χ1) is 1.41. The minimum atomic E-state index is 0. The first kappa shape index (κ1) is 17.3. The van der Waals surface area contributed by atoms with Crippen LogP contribution in [0, 0.1) is 6.92 Å². The van der Waals surface area contributed by atoms with E-state index in [9.17, 15) is 0 Å². The maximum atomic E-state index is 3.25. The molecule has 0 N–H and O–H groups in total. The first-order valence-corrected chi connectivity index (χ1v) is 0.816. The first-order valence-electron chi connectivity index (χ1n) is 0.816. The SMILES string of the molecule is C=C[CH2-].S.[Ag+]. The van der Waals surface area contributed by atoms with Gasteiger partial charge in [0.1, 0.15) is 0 Å².